The van der Waals surface area contributed by atoms with Crippen molar-refractivity contribution >= 4 is 13.4 Å². The highest BCUT2D eigenvalue weighted by Gasteiger charge is 1.98. The molecule has 1 aromatic heterocycles. The van der Waals surface area contributed by atoms with E-state index in [1.165, 1.54) is 11.1 Å². The summed E-state index contributed by atoms with van der Waals surface area (Å²) in [4.78, 5) is 4.02. The lowest BCUT2D eigenvalue weighted by atomic mass is 9.94. The first-order valence-corrected chi connectivity index (χ1v) is 3.31. The Kier molecular flexibility index (Phi) is 1.79. The van der Waals surface area contributed by atoms with Crippen LogP contribution < -0.4 is 5.59 Å². The predicted molar refractivity (Wildman–Crippen MR) is 43.8 cm³/mol. The van der Waals surface area contributed by atoms with Gasteiger partial charge in [0.15, 0.2) is 0 Å². The van der Waals surface area contributed by atoms with Gasteiger partial charge in [0, 0.05) is 6.20 Å². The van der Waals surface area contributed by atoms with Gasteiger partial charge in [0.1, 0.15) is 7.85 Å². The summed E-state index contributed by atoms with van der Waals surface area (Å²) >= 11 is 0. The van der Waals surface area contributed by atoms with Crippen molar-refractivity contribution in [2.75, 3.05) is 0 Å². The van der Waals surface area contributed by atoms with E-state index in [4.69, 9.17) is 7.85 Å². The summed E-state index contributed by atoms with van der Waals surface area (Å²) in [5.41, 5.74) is 4.18. The van der Waals surface area contributed by atoms with E-state index in [2.05, 4.69) is 11.9 Å². The molecular formula is C8H10BN. The molecule has 0 atom stereocenters. The van der Waals surface area contributed by atoms with Crippen LogP contribution in [0.5, 0.6) is 0 Å². The number of aryl methyl sites for hydroxylation is 1. The molecule has 1 heterocycles. The highest BCUT2D eigenvalue weighted by atomic mass is 14.6. The molecule has 0 amide bonds. The maximum absolute atomic E-state index is 5.58. The maximum Gasteiger partial charge on any atom is 0.142 e. The summed E-state index contributed by atoms with van der Waals surface area (Å²) in [6, 6.07) is 0. The summed E-state index contributed by atoms with van der Waals surface area (Å²) in [7, 11) is 5.58. The van der Waals surface area contributed by atoms with Gasteiger partial charge in [-0.3, -0.25) is 4.98 Å². The van der Waals surface area contributed by atoms with Gasteiger partial charge in [0.05, 0.1) is 0 Å². The molecule has 0 aromatic carbocycles. The van der Waals surface area contributed by atoms with Crippen molar-refractivity contribution < 1.29 is 0 Å². The first kappa shape index (κ1) is 7.32. The van der Waals surface area contributed by atoms with Crippen molar-refractivity contribution in [3.05, 3.63) is 22.9 Å². The Morgan fingerprint density at radius 3 is 2.30 bits per heavy atom. The Labute approximate surface area is 62.9 Å². The molecule has 0 aliphatic carbocycles. The highest BCUT2D eigenvalue weighted by Crippen LogP contribution is 2.05. The molecule has 0 bridgehead atoms. The van der Waals surface area contributed by atoms with Gasteiger partial charge in [-0.15, -0.1) is 0 Å². The van der Waals surface area contributed by atoms with Gasteiger partial charge < -0.3 is 0 Å². The fraction of sp³-hybridized carbons (Fsp3) is 0.375. The van der Waals surface area contributed by atoms with Crippen LogP contribution >= 0.6 is 0 Å². The second-order valence-electron chi connectivity index (χ2n) is 2.58. The smallest absolute Gasteiger partial charge is 0.142 e. The lowest BCUT2D eigenvalue weighted by Gasteiger charge is -2.05. The molecule has 0 N–H and O–H groups in total. The molecule has 0 aliphatic rings. The molecule has 2 radical (unpaired) electrons. The molecule has 1 aromatic rings. The van der Waals surface area contributed by atoms with Crippen molar-refractivity contribution in [3.8, 4) is 0 Å². The fourth-order valence-electron chi connectivity index (χ4n) is 0.848. The average Bonchev–Trinajstić information content (AvgIpc) is 1.93. The number of hydrogen-bond acceptors (Lipinski definition) is 1. The van der Waals surface area contributed by atoms with Gasteiger partial charge in [-0.1, -0.05) is 0 Å². The molecule has 1 rings (SSSR count). The number of aromatic nitrogens is 1. The van der Waals surface area contributed by atoms with E-state index in [9.17, 15) is 0 Å². The Balaban J connectivity index is 3.34. The van der Waals surface area contributed by atoms with Gasteiger partial charge in [-0.05, 0) is 43.1 Å². The summed E-state index contributed by atoms with van der Waals surface area (Å²) < 4.78 is 0. The lowest BCUT2D eigenvalue weighted by molar-refractivity contribution is 1.20. The van der Waals surface area contributed by atoms with Crippen LogP contribution in [0, 0.1) is 20.8 Å². The Morgan fingerprint density at radius 1 is 1.20 bits per heavy atom. The summed E-state index contributed by atoms with van der Waals surface area (Å²) in [5.74, 6) is 0. The minimum Gasteiger partial charge on any atom is -0.272 e. The molecule has 0 saturated carbocycles. The molecular weight excluding hydrogens is 121 g/mol. The summed E-state index contributed by atoms with van der Waals surface area (Å²) in [6.45, 7) is 6.09. The zero-order valence-corrected chi connectivity index (χ0v) is 6.60. The normalized spacial score (nSPS) is 9.90. The molecule has 10 heavy (non-hydrogen) atoms. The number of nitrogens with zero attached hydrogens (tertiary/aromatic N) is 1. The zero-order chi connectivity index (χ0) is 7.72. The highest BCUT2D eigenvalue weighted by molar-refractivity contribution is 6.31. The van der Waals surface area contributed by atoms with Crippen molar-refractivity contribution in [2.45, 2.75) is 20.8 Å². The van der Waals surface area contributed by atoms with Crippen LogP contribution in [0.1, 0.15) is 16.7 Å². The predicted octanol–water partition coefficient (Wildman–Crippen LogP) is 0.801. The minimum absolute atomic E-state index is 0.642. The van der Waals surface area contributed by atoms with E-state index in [0.29, 0.717) is 5.59 Å². The average molecular weight is 131 g/mol. The molecule has 0 saturated heterocycles. The summed E-state index contributed by atoms with van der Waals surface area (Å²) in [6.07, 6.45) is 1.80. The van der Waals surface area contributed by atoms with E-state index in [-0.39, 0.29) is 0 Å². The standard InChI is InChI=1S/C8H10BN/c1-5-4-10-8(9)7(3)6(5)2/h4H,1-3H3. The van der Waals surface area contributed by atoms with Crippen molar-refractivity contribution in [1.82, 2.24) is 4.98 Å². The zero-order valence-electron chi connectivity index (χ0n) is 6.60. The molecule has 2 heteroatoms. The lowest BCUT2D eigenvalue weighted by Crippen LogP contribution is -2.14. The largest absolute Gasteiger partial charge is 0.272 e. The van der Waals surface area contributed by atoms with Crippen LogP contribution in [0.15, 0.2) is 6.20 Å². The van der Waals surface area contributed by atoms with Gasteiger partial charge in [0.25, 0.3) is 0 Å². The maximum atomic E-state index is 5.58. The van der Waals surface area contributed by atoms with Crippen molar-refractivity contribution in [1.29, 1.82) is 0 Å². The molecule has 0 fully saturated rings. The van der Waals surface area contributed by atoms with Crippen LogP contribution in [0.2, 0.25) is 0 Å². The van der Waals surface area contributed by atoms with Crippen LogP contribution in [-0.4, -0.2) is 12.8 Å². The van der Waals surface area contributed by atoms with Gasteiger partial charge in [0.2, 0.25) is 0 Å². The third kappa shape index (κ3) is 1.06. The van der Waals surface area contributed by atoms with Gasteiger partial charge in [-0.2, -0.15) is 0 Å². The molecule has 0 unspecified atom stereocenters. The second-order valence-corrected chi connectivity index (χ2v) is 2.58. The topological polar surface area (TPSA) is 12.9 Å². The minimum atomic E-state index is 0.642. The van der Waals surface area contributed by atoms with E-state index in [0.717, 1.165) is 5.56 Å². The van der Waals surface area contributed by atoms with Gasteiger partial charge in [-0.25, -0.2) is 0 Å². The van der Waals surface area contributed by atoms with E-state index >= 15 is 0 Å². The Morgan fingerprint density at radius 2 is 1.80 bits per heavy atom. The first-order valence-electron chi connectivity index (χ1n) is 3.31. The van der Waals surface area contributed by atoms with E-state index in [1.807, 2.05) is 13.8 Å². The molecule has 50 valence electrons. The summed E-state index contributed by atoms with van der Waals surface area (Å²) in [5, 5.41) is 0. The second kappa shape index (κ2) is 2.45. The Bertz CT molecular complexity index is 229. The van der Waals surface area contributed by atoms with Gasteiger partial charge >= 0.3 is 0 Å². The number of pyridine rings is 1. The van der Waals surface area contributed by atoms with Crippen LogP contribution in [0.25, 0.3) is 0 Å². The number of rotatable bonds is 0. The fourth-order valence-corrected chi connectivity index (χ4v) is 0.848. The first-order chi connectivity index (χ1) is 4.63. The third-order valence-corrected chi connectivity index (χ3v) is 1.94. The van der Waals surface area contributed by atoms with Crippen LogP contribution in [-0.2, 0) is 0 Å². The molecule has 0 aliphatic heterocycles. The van der Waals surface area contributed by atoms with Crippen LogP contribution in [0.4, 0.5) is 0 Å². The third-order valence-electron chi connectivity index (χ3n) is 1.94. The monoisotopic (exact) mass is 131 g/mol. The number of hydrogen-bond donors (Lipinski definition) is 0. The molecule has 0 spiro atoms. The molecule has 1 nitrogen and oxygen atoms in total. The SMILES string of the molecule is [B]c1ncc(C)c(C)c1C. The van der Waals surface area contributed by atoms with Crippen molar-refractivity contribution in [3.63, 3.8) is 0 Å². The van der Waals surface area contributed by atoms with Crippen molar-refractivity contribution in [2.24, 2.45) is 0 Å². The Hall–Kier alpha value is -0.785. The van der Waals surface area contributed by atoms with E-state index in [1.54, 1.807) is 6.20 Å². The van der Waals surface area contributed by atoms with E-state index < -0.39 is 0 Å². The van der Waals surface area contributed by atoms with Crippen LogP contribution in [0.3, 0.4) is 0 Å². The quantitative estimate of drug-likeness (QED) is 0.474.